The fraction of sp³-hybridized carbons (Fsp3) is 0.889. The van der Waals surface area contributed by atoms with E-state index in [1.165, 1.54) is 12.8 Å². The summed E-state index contributed by atoms with van der Waals surface area (Å²) in [4.78, 5) is 11.5. The minimum absolute atomic E-state index is 0.00407. The van der Waals surface area contributed by atoms with Crippen LogP contribution in [0.25, 0.3) is 0 Å². The molecule has 0 bridgehead atoms. The molecule has 1 saturated carbocycles. The number of rotatable bonds is 1. The maximum atomic E-state index is 11.5. The summed E-state index contributed by atoms with van der Waals surface area (Å²) in [5, 5.41) is 0. The van der Waals surface area contributed by atoms with E-state index in [1.807, 2.05) is 0 Å². The molecule has 3 nitrogen and oxygen atoms in total. The van der Waals surface area contributed by atoms with E-state index < -0.39 is 0 Å². The molecular formula is C9H15NO2. The van der Waals surface area contributed by atoms with E-state index in [0.29, 0.717) is 6.54 Å². The molecule has 1 spiro atoms. The van der Waals surface area contributed by atoms with Gasteiger partial charge < -0.3 is 10.5 Å². The molecule has 1 unspecified atom stereocenters. The summed E-state index contributed by atoms with van der Waals surface area (Å²) < 4.78 is 5.18. The van der Waals surface area contributed by atoms with Crippen LogP contribution in [0.1, 0.15) is 32.1 Å². The van der Waals surface area contributed by atoms with Crippen molar-refractivity contribution in [1.29, 1.82) is 0 Å². The first-order chi connectivity index (χ1) is 5.77. The molecule has 1 heterocycles. The summed E-state index contributed by atoms with van der Waals surface area (Å²) >= 11 is 0. The molecule has 0 aromatic carbocycles. The fourth-order valence-corrected chi connectivity index (χ4v) is 2.43. The standard InChI is InChI=1S/C9H15NO2/c10-6-7-5-9(8(11)12-7)3-1-2-4-9/h7H,1-6,10H2. The van der Waals surface area contributed by atoms with Gasteiger partial charge in [0.05, 0.1) is 5.41 Å². The minimum Gasteiger partial charge on any atom is -0.461 e. The number of hydrogen-bond donors (Lipinski definition) is 1. The van der Waals surface area contributed by atoms with Gasteiger partial charge in [-0.2, -0.15) is 0 Å². The van der Waals surface area contributed by atoms with Gasteiger partial charge >= 0.3 is 5.97 Å². The highest BCUT2D eigenvalue weighted by Crippen LogP contribution is 2.47. The average molecular weight is 169 g/mol. The first kappa shape index (κ1) is 8.05. The summed E-state index contributed by atoms with van der Waals surface area (Å²) in [5.41, 5.74) is 5.35. The number of hydrogen-bond acceptors (Lipinski definition) is 3. The van der Waals surface area contributed by atoms with Crippen molar-refractivity contribution in [3.05, 3.63) is 0 Å². The van der Waals surface area contributed by atoms with Crippen LogP contribution in [-0.2, 0) is 9.53 Å². The molecule has 2 N–H and O–H groups in total. The number of esters is 1. The summed E-state index contributed by atoms with van der Waals surface area (Å²) in [6, 6.07) is 0. The summed E-state index contributed by atoms with van der Waals surface area (Å²) in [6.07, 6.45) is 5.24. The second-order valence-corrected chi connectivity index (χ2v) is 3.95. The summed E-state index contributed by atoms with van der Waals surface area (Å²) in [6.45, 7) is 0.480. The van der Waals surface area contributed by atoms with Crippen LogP contribution >= 0.6 is 0 Å². The van der Waals surface area contributed by atoms with E-state index in [0.717, 1.165) is 19.3 Å². The van der Waals surface area contributed by atoms with E-state index >= 15 is 0 Å². The molecule has 2 rings (SSSR count). The van der Waals surface area contributed by atoms with Crippen LogP contribution in [0, 0.1) is 5.41 Å². The molecule has 2 fully saturated rings. The Kier molecular flexibility index (Phi) is 1.83. The molecular weight excluding hydrogens is 154 g/mol. The van der Waals surface area contributed by atoms with Gasteiger partial charge in [-0.15, -0.1) is 0 Å². The Morgan fingerprint density at radius 1 is 1.50 bits per heavy atom. The first-order valence-corrected chi connectivity index (χ1v) is 4.68. The van der Waals surface area contributed by atoms with Crippen molar-refractivity contribution in [3.63, 3.8) is 0 Å². The first-order valence-electron chi connectivity index (χ1n) is 4.68. The fourth-order valence-electron chi connectivity index (χ4n) is 2.43. The summed E-state index contributed by atoms with van der Waals surface area (Å²) in [7, 11) is 0. The van der Waals surface area contributed by atoms with Crippen LogP contribution < -0.4 is 5.73 Å². The Morgan fingerprint density at radius 2 is 2.17 bits per heavy atom. The molecule has 0 amide bonds. The van der Waals surface area contributed by atoms with Crippen molar-refractivity contribution >= 4 is 5.97 Å². The van der Waals surface area contributed by atoms with Crippen LogP contribution in [0.5, 0.6) is 0 Å². The van der Waals surface area contributed by atoms with Gasteiger partial charge in [-0.1, -0.05) is 12.8 Å². The molecule has 3 heteroatoms. The molecule has 0 aromatic heterocycles. The SMILES string of the molecule is NCC1CC2(CCCC2)C(=O)O1. The smallest absolute Gasteiger partial charge is 0.312 e. The lowest BCUT2D eigenvalue weighted by Crippen LogP contribution is -2.22. The lowest BCUT2D eigenvalue weighted by atomic mass is 9.83. The highest BCUT2D eigenvalue weighted by atomic mass is 16.6. The Balaban J connectivity index is 2.11. The molecule has 68 valence electrons. The van der Waals surface area contributed by atoms with Gasteiger partial charge in [0.1, 0.15) is 6.10 Å². The van der Waals surface area contributed by atoms with Crippen molar-refractivity contribution in [3.8, 4) is 0 Å². The highest BCUT2D eigenvalue weighted by molar-refractivity contribution is 5.79. The Bertz CT molecular complexity index is 197. The van der Waals surface area contributed by atoms with Gasteiger partial charge in [-0.25, -0.2) is 0 Å². The van der Waals surface area contributed by atoms with Crippen LogP contribution in [0.3, 0.4) is 0 Å². The number of cyclic esters (lactones) is 1. The second kappa shape index (κ2) is 2.73. The monoisotopic (exact) mass is 169 g/mol. The van der Waals surface area contributed by atoms with Gasteiger partial charge in [0.2, 0.25) is 0 Å². The van der Waals surface area contributed by atoms with Crippen molar-refractivity contribution in [2.45, 2.75) is 38.2 Å². The molecule has 12 heavy (non-hydrogen) atoms. The maximum absolute atomic E-state index is 11.5. The number of ether oxygens (including phenoxy) is 1. The third-order valence-electron chi connectivity index (χ3n) is 3.15. The van der Waals surface area contributed by atoms with Crippen molar-refractivity contribution in [2.75, 3.05) is 6.54 Å². The van der Waals surface area contributed by atoms with E-state index in [9.17, 15) is 4.79 Å². The van der Waals surface area contributed by atoms with Crippen molar-refractivity contribution in [1.82, 2.24) is 0 Å². The third-order valence-corrected chi connectivity index (χ3v) is 3.15. The van der Waals surface area contributed by atoms with E-state index in [-0.39, 0.29) is 17.5 Å². The van der Waals surface area contributed by atoms with Crippen LogP contribution in [0.2, 0.25) is 0 Å². The number of nitrogens with two attached hydrogens (primary N) is 1. The van der Waals surface area contributed by atoms with Crippen LogP contribution in [-0.4, -0.2) is 18.6 Å². The largest absolute Gasteiger partial charge is 0.461 e. The minimum atomic E-state index is -0.121. The van der Waals surface area contributed by atoms with Gasteiger partial charge in [-0.05, 0) is 12.8 Å². The topological polar surface area (TPSA) is 52.3 Å². The number of carbonyl (C=O) groups excluding carboxylic acids is 1. The number of carbonyl (C=O) groups is 1. The summed E-state index contributed by atoms with van der Waals surface area (Å²) in [5.74, 6) is 0.00968. The normalized spacial score (nSPS) is 32.8. The van der Waals surface area contributed by atoms with E-state index in [2.05, 4.69) is 0 Å². The molecule has 1 saturated heterocycles. The zero-order chi connectivity index (χ0) is 8.60. The van der Waals surface area contributed by atoms with Crippen molar-refractivity contribution < 1.29 is 9.53 Å². The van der Waals surface area contributed by atoms with E-state index in [4.69, 9.17) is 10.5 Å². The Morgan fingerprint density at radius 3 is 2.67 bits per heavy atom. The van der Waals surface area contributed by atoms with Gasteiger partial charge in [-0.3, -0.25) is 4.79 Å². The lowest BCUT2D eigenvalue weighted by Gasteiger charge is -2.15. The molecule has 0 radical (unpaired) electrons. The molecule has 1 aliphatic carbocycles. The van der Waals surface area contributed by atoms with E-state index in [1.54, 1.807) is 0 Å². The zero-order valence-corrected chi connectivity index (χ0v) is 7.21. The van der Waals surface area contributed by atoms with Gasteiger partial charge in [0.15, 0.2) is 0 Å². The Labute approximate surface area is 72.3 Å². The molecule has 1 atom stereocenters. The third kappa shape index (κ3) is 1.04. The van der Waals surface area contributed by atoms with Crippen molar-refractivity contribution in [2.24, 2.45) is 11.1 Å². The quantitative estimate of drug-likeness (QED) is 0.591. The lowest BCUT2D eigenvalue weighted by molar-refractivity contribution is -0.148. The van der Waals surface area contributed by atoms with Crippen LogP contribution in [0.15, 0.2) is 0 Å². The van der Waals surface area contributed by atoms with Gasteiger partial charge in [0, 0.05) is 13.0 Å². The molecule has 2 aliphatic rings. The highest BCUT2D eigenvalue weighted by Gasteiger charge is 2.49. The predicted octanol–water partition coefficient (Wildman–Crippen LogP) is 0.821. The zero-order valence-electron chi connectivity index (χ0n) is 7.21. The van der Waals surface area contributed by atoms with Crippen LogP contribution in [0.4, 0.5) is 0 Å². The average Bonchev–Trinajstić information content (AvgIpc) is 2.63. The van der Waals surface area contributed by atoms with Gasteiger partial charge in [0.25, 0.3) is 0 Å². The predicted molar refractivity (Wildman–Crippen MR) is 44.5 cm³/mol. The molecule has 0 aromatic rings. The Hall–Kier alpha value is -0.570. The maximum Gasteiger partial charge on any atom is 0.312 e. The molecule has 1 aliphatic heterocycles. The second-order valence-electron chi connectivity index (χ2n) is 3.95.